The highest BCUT2D eigenvalue weighted by Gasteiger charge is 2.33. The number of carboxylic acid groups (broad SMARTS) is 1. The molecular formula is C12H22N2O3. The second kappa shape index (κ2) is 6.59. The van der Waals surface area contributed by atoms with Gasteiger partial charge in [-0.3, -0.25) is 9.59 Å². The van der Waals surface area contributed by atoms with Gasteiger partial charge in [0.2, 0.25) is 5.91 Å². The Morgan fingerprint density at radius 2 is 2.00 bits per heavy atom. The molecule has 2 unspecified atom stereocenters. The minimum Gasteiger partial charge on any atom is -0.481 e. The predicted octanol–water partition coefficient (Wildman–Crippen LogP) is 0.744. The maximum atomic E-state index is 11.7. The Bertz CT molecular complexity index is 277. The van der Waals surface area contributed by atoms with Crippen molar-refractivity contribution in [2.45, 2.75) is 51.6 Å². The highest BCUT2D eigenvalue weighted by Crippen LogP contribution is 2.34. The van der Waals surface area contributed by atoms with Gasteiger partial charge in [0.15, 0.2) is 0 Å². The third-order valence-corrected chi connectivity index (χ3v) is 2.98. The zero-order chi connectivity index (χ0) is 12.8. The molecule has 1 amide bonds. The summed E-state index contributed by atoms with van der Waals surface area (Å²) in [5.74, 6) is -0.539. The maximum Gasteiger partial charge on any atom is 0.305 e. The van der Waals surface area contributed by atoms with Gasteiger partial charge in [-0.05, 0) is 32.2 Å². The Labute approximate surface area is 102 Å². The number of carboxylic acids is 1. The molecule has 5 nitrogen and oxygen atoms in total. The molecule has 0 heterocycles. The van der Waals surface area contributed by atoms with Gasteiger partial charge < -0.3 is 15.7 Å². The van der Waals surface area contributed by atoms with Crippen molar-refractivity contribution in [3.05, 3.63) is 0 Å². The molecule has 0 aromatic heterocycles. The molecule has 1 aliphatic carbocycles. The van der Waals surface area contributed by atoms with Crippen LogP contribution in [0.15, 0.2) is 0 Å². The maximum absolute atomic E-state index is 11.7. The van der Waals surface area contributed by atoms with E-state index in [2.05, 4.69) is 10.6 Å². The van der Waals surface area contributed by atoms with E-state index in [-0.39, 0.29) is 24.4 Å². The summed E-state index contributed by atoms with van der Waals surface area (Å²) in [6.07, 6.45) is 2.49. The molecule has 0 spiro atoms. The highest BCUT2D eigenvalue weighted by atomic mass is 16.4. The predicted molar refractivity (Wildman–Crippen MR) is 64.7 cm³/mol. The molecule has 0 saturated heterocycles. The van der Waals surface area contributed by atoms with Gasteiger partial charge in [0.1, 0.15) is 0 Å². The number of carbonyl (C=O) groups is 2. The van der Waals surface area contributed by atoms with Crippen LogP contribution in [0.4, 0.5) is 0 Å². The van der Waals surface area contributed by atoms with E-state index >= 15 is 0 Å². The molecule has 2 atom stereocenters. The lowest BCUT2D eigenvalue weighted by atomic mass is 10.1. The van der Waals surface area contributed by atoms with E-state index in [1.165, 1.54) is 0 Å². The van der Waals surface area contributed by atoms with Crippen molar-refractivity contribution in [2.75, 3.05) is 6.54 Å². The smallest absolute Gasteiger partial charge is 0.305 e. The molecule has 1 fully saturated rings. The number of nitrogens with one attached hydrogen (secondary N) is 2. The Balaban J connectivity index is 2.33. The zero-order valence-electron chi connectivity index (χ0n) is 10.5. The average molecular weight is 242 g/mol. The SMILES string of the molecule is CCNC(C)CC(=O)NC(CC(=O)O)C1CC1. The molecule has 1 saturated carbocycles. The fourth-order valence-electron chi connectivity index (χ4n) is 1.99. The number of aliphatic carboxylic acids is 1. The summed E-state index contributed by atoms with van der Waals surface area (Å²) in [7, 11) is 0. The number of carbonyl (C=O) groups excluding carboxylic acids is 1. The fraction of sp³-hybridized carbons (Fsp3) is 0.833. The van der Waals surface area contributed by atoms with Crippen LogP contribution < -0.4 is 10.6 Å². The third-order valence-electron chi connectivity index (χ3n) is 2.98. The molecule has 0 aliphatic heterocycles. The Kier molecular flexibility index (Phi) is 5.41. The minimum absolute atomic E-state index is 0.0337. The quantitative estimate of drug-likeness (QED) is 0.586. The van der Waals surface area contributed by atoms with Gasteiger partial charge in [0, 0.05) is 18.5 Å². The van der Waals surface area contributed by atoms with Crippen molar-refractivity contribution in [3.63, 3.8) is 0 Å². The van der Waals surface area contributed by atoms with Crippen LogP contribution in [0, 0.1) is 5.92 Å². The second-order valence-electron chi connectivity index (χ2n) is 4.77. The summed E-state index contributed by atoms with van der Waals surface area (Å²) in [6, 6.07) is -0.0569. The molecule has 17 heavy (non-hydrogen) atoms. The van der Waals surface area contributed by atoms with E-state index in [9.17, 15) is 9.59 Å². The van der Waals surface area contributed by atoms with E-state index in [4.69, 9.17) is 5.11 Å². The lowest BCUT2D eigenvalue weighted by molar-refractivity contribution is -0.137. The largest absolute Gasteiger partial charge is 0.481 e. The lowest BCUT2D eigenvalue weighted by Crippen LogP contribution is -2.41. The minimum atomic E-state index is -0.845. The summed E-state index contributed by atoms with van der Waals surface area (Å²) >= 11 is 0. The van der Waals surface area contributed by atoms with Crippen LogP contribution in [0.3, 0.4) is 0 Å². The normalized spacial score (nSPS) is 18.5. The summed E-state index contributed by atoms with van der Waals surface area (Å²) in [4.78, 5) is 22.4. The van der Waals surface area contributed by atoms with Crippen LogP contribution in [-0.2, 0) is 9.59 Å². The van der Waals surface area contributed by atoms with E-state index in [0.29, 0.717) is 12.3 Å². The number of rotatable bonds is 8. The molecule has 98 valence electrons. The van der Waals surface area contributed by atoms with E-state index in [1.54, 1.807) is 0 Å². The van der Waals surface area contributed by atoms with Crippen molar-refractivity contribution in [2.24, 2.45) is 5.92 Å². The molecule has 0 bridgehead atoms. The third kappa shape index (κ3) is 5.68. The van der Waals surface area contributed by atoms with Crippen LogP contribution in [0.25, 0.3) is 0 Å². The molecule has 0 aromatic rings. The first-order valence-corrected chi connectivity index (χ1v) is 6.27. The van der Waals surface area contributed by atoms with E-state index in [1.807, 2.05) is 13.8 Å². The monoisotopic (exact) mass is 242 g/mol. The van der Waals surface area contributed by atoms with Gasteiger partial charge in [0.25, 0.3) is 0 Å². The van der Waals surface area contributed by atoms with Crippen LogP contribution >= 0.6 is 0 Å². The molecular weight excluding hydrogens is 220 g/mol. The molecule has 1 rings (SSSR count). The Hall–Kier alpha value is -1.10. The van der Waals surface area contributed by atoms with Gasteiger partial charge in [0.05, 0.1) is 6.42 Å². The van der Waals surface area contributed by atoms with Crippen LogP contribution in [0.1, 0.15) is 39.5 Å². The highest BCUT2D eigenvalue weighted by molar-refractivity contribution is 5.78. The van der Waals surface area contributed by atoms with Crippen molar-refractivity contribution in [1.82, 2.24) is 10.6 Å². The molecule has 0 radical (unpaired) electrons. The van der Waals surface area contributed by atoms with Gasteiger partial charge in [-0.25, -0.2) is 0 Å². The first-order chi connectivity index (χ1) is 8.02. The Morgan fingerprint density at radius 3 is 2.47 bits per heavy atom. The van der Waals surface area contributed by atoms with Crippen LogP contribution in [0.2, 0.25) is 0 Å². The molecule has 1 aliphatic rings. The van der Waals surface area contributed by atoms with Crippen LogP contribution in [0.5, 0.6) is 0 Å². The standard InChI is InChI=1S/C12H22N2O3/c1-3-13-8(2)6-11(15)14-10(7-12(16)17)9-4-5-9/h8-10,13H,3-7H2,1-2H3,(H,14,15)(H,16,17). The molecule has 3 N–H and O–H groups in total. The summed E-state index contributed by atoms with van der Waals surface area (Å²) in [5.41, 5.74) is 0. The summed E-state index contributed by atoms with van der Waals surface area (Å²) in [6.45, 7) is 4.77. The van der Waals surface area contributed by atoms with Crippen LogP contribution in [-0.4, -0.2) is 35.6 Å². The zero-order valence-corrected chi connectivity index (χ0v) is 10.5. The number of amides is 1. The van der Waals surface area contributed by atoms with Crippen molar-refractivity contribution in [1.29, 1.82) is 0 Å². The average Bonchev–Trinajstić information content (AvgIpc) is 2.98. The van der Waals surface area contributed by atoms with Gasteiger partial charge in [-0.15, -0.1) is 0 Å². The summed E-state index contributed by atoms with van der Waals surface area (Å²) in [5, 5.41) is 14.8. The first-order valence-electron chi connectivity index (χ1n) is 6.27. The van der Waals surface area contributed by atoms with Crippen molar-refractivity contribution < 1.29 is 14.7 Å². The molecule has 5 heteroatoms. The van der Waals surface area contributed by atoms with Crippen molar-refractivity contribution in [3.8, 4) is 0 Å². The Morgan fingerprint density at radius 1 is 1.35 bits per heavy atom. The van der Waals surface area contributed by atoms with Gasteiger partial charge in [-0.2, -0.15) is 0 Å². The van der Waals surface area contributed by atoms with Gasteiger partial charge >= 0.3 is 5.97 Å². The van der Waals surface area contributed by atoms with Gasteiger partial charge in [-0.1, -0.05) is 6.92 Å². The van der Waals surface area contributed by atoms with E-state index in [0.717, 1.165) is 19.4 Å². The summed E-state index contributed by atoms with van der Waals surface area (Å²) < 4.78 is 0. The molecule has 0 aromatic carbocycles. The van der Waals surface area contributed by atoms with E-state index < -0.39 is 5.97 Å². The first kappa shape index (κ1) is 14.0. The fourth-order valence-corrected chi connectivity index (χ4v) is 1.99. The number of hydrogen-bond donors (Lipinski definition) is 3. The second-order valence-corrected chi connectivity index (χ2v) is 4.77. The topological polar surface area (TPSA) is 78.4 Å². The van der Waals surface area contributed by atoms with Crippen molar-refractivity contribution >= 4 is 11.9 Å². The lowest BCUT2D eigenvalue weighted by Gasteiger charge is -2.18. The number of hydrogen-bond acceptors (Lipinski definition) is 3.